The number of ether oxygens (including phenoxy) is 1. The molecule has 0 radical (unpaired) electrons. The number of hydrogen-bond donors (Lipinski definition) is 1. The third-order valence-electron chi connectivity index (χ3n) is 5.48. The predicted octanol–water partition coefficient (Wildman–Crippen LogP) is 4.55. The quantitative estimate of drug-likeness (QED) is 0.709. The van der Waals surface area contributed by atoms with E-state index in [0.29, 0.717) is 29.5 Å². The number of carbonyl (C=O) groups is 1. The summed E-state index contributed by atoms with van der Waals surface area (Å²) < 4.78 is 5.67. The van der Waals surface area contributed by atoms with Gasteiger partial charge >= 0.3 is 0 Å². The van der Waals surface area contributed by atoms with Crippen molar-refractivity contribution in [3.63, 3.8) is 0 Å². The van der Waals surface area contributed by atoms with Gasteiger partial charge in [-0.15, -0.1) is 0 Å². The molecule has 0 saturated carbocycles. The van der Waals surface area contributed by atoms with Crippen LogP contribution in [0.25, 0.3) is 10.8 Å². The van der Waals surface area contributed by atoms with Crippen LogP contribution in [-0.4, -0.2) is 41.1 Å². The lowest BCUT2D eigenvalue weighted by molar-refractivity contribution is -0.171. The van der Waals surface area contributed by atoms with Gasteiger partial charge in [-0.3, -0.25) is 4.79 Å². The van der Waals surface area contributed by atoms with E-state index in [1.807, 2.05) is 54.3 Å². The fourth-order valence-corrected chi connectivity index (χ4v) is 4.33. The highest BCUT2D eigenvalue weighted by molar-refractivity contribution is 6.30. The second-order valence-electron chi connectivity index (χ2n) is 7.48. The van der Waals surface area contributed by atoms with Gasteiger partial charge in [0.1, 0.15) is 5.82 Å². The fourth-order valence-electron chi connectivity index (χ4n) is 4.14. The number of rotatable bonds is 3. The van der Waals surface area contributed by atoms with E-state index in [-0.39, 0.29) is 18.1 Å². The molecule has 3 saturated heterocycles. The first-order valence-corrected chi connectivity index (χ1v) is 9.82. The van der Waals surface area contributed by atoms with Crippen molar-refractivity contribution in [2.45, 2.75) is 25.6 Å². The van der Waals surface area contributed by atoms with Gasteiger partial charge in [0.05, 0.1) is 17.8 Å². The maximum atomic E-state index is 13.2. The molecule has 28 heavy (non-hydrogen) atoms. The minimum absolute atomic E-state index is 0.0269. The zero-order chi connectivity index (χ0) is 19.3. The number of morpholine rings is 1. The SMILES string of the molecule is Cc1cccc2c(Nc3cccc(Cl)c3)ncc(C(=O)N3CC4CC(C3)O4)c12. The molecule has 0 aliphatic carbocycles. The number of nitrogens with zero attached hydrogens (tertiary/aromatic N) is 2. The van der Waals surface area contributed by atoms with Gasteiger partial charge in [-0.25, -0.2) is 4.98 Å². The molecule has 3 fully saturated rings. The Morgan fingerprint density at radius 2 is 1.96 bits per heavy atom. The average Bonchev–Trinajstić information content (AvgIpc) is 2.68. The number of nitrogens with one attached hydrogen (secondary N) is 1. The fraction of sp³-hybridized carbons (Fsp3) is 0.273. The van der Waals surface area contributed by atoms with E-state index in [1.54, 1.807) is 6.20 Å². The zero-order valence-corrected chi connectivity index (χ0v) is 16.2. The van der Waals surface area contributed by atoms with E-state index in [0.717, 1.165) is 28.4 Å². The first-order valence-electron chi connectivity index (χ1n) is 9.44. The number of pyridine rings is 1. The number of hydrogen-bond acceptors (Lipinski definition) is 4. The second kappa shape index (κ2) is 6.76. The zero-order valence-electron chi connectivity index (χ0n) is 15.5. The summed E-state index contributed by atoms with van der Waals surface area (Å²) in [6, 6.07) is 13.5. The first-order chi connectivity index (χ1) is 13.6. The molecule has 6 rings (SSSR count). The van der Waals surface area contributed by atoms with Crippen LogP contribution in [0.1, 0.15) is 22.3 Å². The second-order valence-corrected chi connectivity index (χ2v) is 7.92. The van der Waals surface area contributed by atoms with Crippen molar-refractivity contribution in [2.75, 3.05) is 18.4 Å². The Labute approximate surface area is 168 Å². The number of halogens is 1. The average molecular weight is 394 g/mol. The van der Waals surface area contributed by atoms with E-state index >= 15 is 0 Å². The lowest BCUT2D eigenvalue weighted by atomic mass is 9.96. The van der Waals surface area contributed by atoms with Crippen LogP contribution >= 0.6 is 11.6 Å². The van der Waals surface area contributed by atoms with E-state index < -0.39 is 0 Å². The van der Waals surface area contributed by atoms with Crippen molar-refractivity contribution >= 4 is 39.8 Å². The molecule has 2 bridgehead atoms. The standard InChI is InChI=1S/C22H20ClN3O2/c1-13-4-2-7-18-20(13)19(22(27)26-11-16-9-17(12-26)28-16)10-24-21(18)25-15-6-3-5-14(23)8-15/h2-8,10,16-17H,9,11-12H2,1H3,(H,24,25). The molecule has 2 atom stereocenters. The van der Waals surface area contributed by atoms with Crippen LogP contribution in [0.15, 0.2) is 48.7 Å². The van der Waals surface area contributed by atoms with Crippen molar-refractivity contribution in [3.8, 4) is 0 Å². The molecule has 3 aliphatic rings. The Kier molecular flexibility index (Phi) is 4.22. The lowest BCUT2D eigenvalue weighted by Gasteiger charge is -2.47. The van der Waals surface area contributed by atoms with E-state index in [1.165, 1.54) is 0 Å². The summed E-state index contributed by atoms with van der Waals surface area (Å²) in [5.74, 6) is 0.737. The van der Waals surface area contributed by atoms with Gasteiger partial charge in [-0.05, 0) is 30.7 Å². The number of aromatic nitrogens is 1. The molecule has 142 valence electrons. The van der Waals surface area contributed by atoms with Crippen molar-refractivity contribution in [1.82, 2.24) is 9.88 Å². The summed E-state index contributed by atoms with van der Waals surface area (Å²) in [6.45, 7) is 3.34. The number of fused-ring (bicyclic) bond motifs is 3. The summed E-state index contributed by atoms with van der Waals surface area (Å²) in [4.78, 5) is 19.7. The predicted molar refractivity (Wildman–Crippen MR) is 110 cm³/mol. The molecule has 2 aromatic carbocycles. The van der Waals surface area contributed by atoms with Crippen LogP contribution in [0.4, 0.5) is 11.5 Å². The minimum atomic E-state index is 0.0269. The Balaban J connectivity index is 1.55. The highest BCUT2D eigenvalue weighted by Crippen LogP contribution is 2.33. The Morgan fingerprint density at radius 1 is 1.21 bits per heavy atom. The van der Waals surface area contributed by atoms with Crippen LogP contribution in [0.3, 0.4) is 0 Å². The largest absolute Gasteiger partial charge is 0.371 e. The molecule has 0 spiro atoms. The topological polar surface area (TPSA) is 54.5 Å². The summed E-state index contributed by atoms with van der Waals surface area (Å²) in [5.41, 5.74) is 2.55. The van der Waals surface area contributed by atoms with Crippen LogP contribution in [0.5, 0.6) is 0 Å². The maximum Gasteiger partial charge on any atom is 0.256 e. The minimum Gasteiger partial charge on any atom is -0.371 e. The highest BCUT2D eigenvalue weighted by atomic mass is 35.5. The molecule has 1 N–H and O–H groups in total. The first kappa shape index (κ1) is 17.5. The summed E-state index contributed by atoms with van der Waals surface area (Å²) in [7, 11) is 0. The van der Waals surface area contributed by atoms with Crippen LogP contribution in [0, 0.1) is 6.92 Å². The van der Waals surface area contributed by atoms with Gasteiger partial charge in [-0.2, -0.15) is 0 Å². The summed E-state index contributed by atoms with van der Waals surface area (Å²) in [5, 5.41) is 5.85. The van der Waals surface area contributed by atoms with Crippen LogP contribution in [-0.2, 0) is 4.74 Å². The van der Waals surface area contributed by atoms with Gasteiger partial charge in [0.15, 0.2) is 0 Å². The number of piperidine rings is 1. The van der Waals surface area contributed by atoms with Crippen LogP contribution in [0.2, 0.25) is 5.02 Å². The van der Waals surface area contributed by atoms with Crippen molar-refractivity contribution in [2.24, 2.45) is 0 Å². The molecule has 3 aromatic rings. The van der Waals surface area contributed by atoms with Gasteiger partial charge in [0, 0.05) is 47.2 Å². The molecular formula is C22H20ClN3O2. The molecule has 6 heteroatoms. The number of carbonyl (C=O) groups excluding carboxylic acids is 1. The van der Waals surface area contributed by atoms with Gasteiger partial charge in [0.2, 0.25) is 0 Å². The van der Waals surface area contributed by atoms with E-state index in [9.17, 15) is 4.79 Å². The number of amides is 1. The number of aryl methyl sites for hydroxylation is 1. The van der Waals surface area contributed by atoms with Crippen molar-refractivity contribution in [3.05, 3.63) is 64.8 Å². The number of anilines is 2. The molecule has 1 amide bonds. The lowest BCUT2D eigenvalue weighted by Crippen LogP contribution is -2.58. The maximum absolute atomic E-state index is 13.2. The third-order valence-corrected chi connectivity index (χ3v) is 5.72. The molecule has 5 nitrogen and oxygen atoms in total. The Bertz CT molecular complexity index is 1070. The van der Waals surface area contributed by atoms with Gasteiger partial charge in [-0.1, -0.05) is 35.9 Å². The van der Waals surface area contributed by atoms with Crippen LogP contribution < -0.4 is 5.32 Å². The van der Waals surface area contributed by atoms with Crippen molar-refractivity contribution < 1.29 is 9.53 Å². The Hall–Kier alpha value is -2.63. The van der Waals surface area contributed by atoms with E-state index in [2.05, 4.69) is 10.3 Å². The van der Waals surface area contributed by atoms with Crippen molar-refractivity contribution in [1.29, 1.82) is 0 Å². The van der Waals surface area contributed by atoms with Gasteiger partial charge < -0.3 is 15.0 Å². The molecule has 3 aliphatic heterocycles. The Morgan fingerprint density at radius 3 is 2.71 bits per heavy atom. The van der Waals surface area contributed by atoms with E-state index in [4.69, 9.17) is 16.3 Å². The number of benzene rings is 2. The molecular weight excluding hydrogens is 374 g/mol. The summed E-state index contributed by atoms with van der Waals surface area (Å²) >= 11 is 6.10. The monoisotopic (exact) mass is 393 g/mol. The highest BCUT2D eigenvalue weighted by Gasteiger charge is 2.40. The normalized spacial score (nSPS) is 20.7. The molecule has 1 aromatic heterocycles. The smallest absolute Gasteiger partial charge is 0.256 e. The molecule has 4 heterocycles. The third kappa shape index (κ3) is 3.01. The van der Waals surface area contributed by atoms with Gasteiger partial charge in [0.25, 0.3) is 5.91 Å². The molecule has 2 unspecified atom stereocenters. The summed E-state index contributed by atoms with van der Waals surface area (Å²) in [6.07, 6.45) is 3.12.